The minimum atomic E-state index is -0.00389. The molecule has 15 heavy (non-hydrogen) atoms. The van der Waals surface area contributed by atoms with E-state index in [2.05, 4.69) is 27.7 Å². The fourth-order valence-electron chi connectivity index (χ4n) is 4.03. The molecule has 0 aromatic heterocycles. The van der Waals surface area contributed by atoms with Gasteiger partial charge in [0, 0.05) is 11.3 Å². The Morgan fingerprint density at radius 3 is 2.47 bits per heavy atom. The molecule has 1 heteroatoms. The molecule has 2 bridgehead atoms. The minimum absolute atomic E-state index is 0.00389. The molecule has 3 unspecified atom stereocenters. The van der Waals surface area contributed by atoms with Crippen molar-refractivity contribution in [2.24, 2.45) is 22.7 Å². The molecule has 0 N–H and O–H groups in total. The van der Waals surface area contributed by atoms with E-state index in [1.54, 1.807) is 0 Å². The summed E-state index contributed by atoms with van der Waals surface area (Å²) in [4.78, 5) is 12.4. The molecular weight excluding hydrogens is 184 g/mol. The van der Waals surface area contributed by atoms with Crippen LogP contribution in [-0.2, 0) is 4.79 Å². The molecule has 0 aromatic rings. The third-order valence-corrected chi connectivity index (χ3v) is 5.54. The van der Waals surface area contributed by atoms with Gasteiger partial charge in [-0.1, -0.05) is 40.5 Å². The van der Waals surface area contributed by atoms with Crippen LogP contribution in [0.2, 0.25) is 0 Å². The highest BCUT2D eigenvalue weighted by atomic mass is 16.1. The summed E-state index contributed by atoms with van der Waals surface area (Å²) in [5.74, 6) is 1.64. The molecule has 0 saturated heterocycles. The van der Waals surface area contributed by atoms with Crippen LogP contribution < -0.4 is 0 Å². The van der Waals surface area contributed by atoms with E-state index in [4.69, 9.17) is 0 Å². The lowest BCUT2D eigenvalue weighted by atomic mass is 9.70. The summed E-state index contributed by atoms with van der Waals surface area (Å²) in [5, 5.41) is 0. The van der Waals surface area contributed by atoms with Gasteiger partial charge in [-0.25, -0.2) is 0 Å². The highest BCUT2D eigenvalue weighted by molar-refractivity contribution is 5.91. The number of carbonyl (C=O) groups is 1. The highest BCUT2D eigenvalue weighted by Crippen LogP contribution is 2.66. The van der Waals surface area contributed by atoms with E-state index in [9.17, 15) is 4.79 Å². The number of hydrogen-bond donors (Lipinski definition) is 0. The van der Waals surface area contributed by atoms with Gasteiger partial charge in [0.15, 0.2) is 0 Å². The largest absolute Gasteiger partial charge is 0.299 e. The molecule has 1 nitrogen and oxygen atoms in total. The zero-order valence-electron chi connectivity index (χ0n) is 10.6. The monoisotopic (exact) mass is 208 g/mol. The maximum atomic E-state index is 12.4. The second-order valence-electron chi connectivity index (χ2n) is 6.31. The van der Waals surface area contributed by atoms with E-state index in [1.807, 2.05) is 0 Å². The van der Waals surface area contributed by atoms with Gasteiger partial charge in [-0.15, -0.1) is 0 Å². The molecule has 0 heterocycles. The highest BCUT2D eigenvalue weighted by Gasteiger charge is 2.65. The number of ketones is 1. The molecule has 2 aliphatic rings. The van der Waals surface area contributed by atoms with E-state index in [1.165, 1.54) is 19.3 Å². The maximum Gasteiger partial charge on any atom is 0.142 e. The Morgan fingerprint density at radius 2 is 2.00 bits per heavy atom. The van der Waals surface area contributed by atoms with Crippen LogP contribution in [0.15, 0.2) is 0 Å². The molecule has 0 spiro atoms. The summed E-state index contributed by atoms with van der Waals surface area (Å²) in [5.41, 5.74) is 0.249. The summed E-state index contributed by atoms with van der Waals surface area (Å²) in [6.07, 6.45) is 5.99. The van der Waals surface area contributed by atoms with E-state index >= 15 is 0 Å². The second kappa shape index (κ2) is 3.33. The number of hydrogen-bond acceptors (Lipinski definition) is 1. The van der Waals surface area contributed by atoms with Gasteiger partial charge in [0.1, 0.15) is 5.78 Å². The Morgan fingerprint density at radius 1 is 1.33 bits per heavy atom. The van der Waals surface area contributed by atoms with Crippen molar-refractivity contribution < 1.29 is 4.79 Å². The van der Waals surface area contributed by atoms with E-state index < -0.39 is 0 Å². The second-order valence-corrected chi connectivity index (χ2v) is 6.31. The van der Waals surface area contributed by atoms with Crippen molar-refractivity contribution in [1.29, 1.82) is 0 Å². The van der Waals surface area contributed by atoms with E-state index in [0.717, 1.165) is 12.8 Å². The summed E-state index contributed by atoms with van der Waals surface area (Å²) in [7, 11) is 0. The van der Waals surface area contributed by atoms with Gasteiger partial charge in [0.2, 0.25) is 0 Å². The summed E-state index contributed by atoms with van der Waals surface area (Å²) < 4.78 is 0. The van der Waals surface area contributed by atoms with Crippen LogP contribution >= 0.6 is 0 Å². The lowest BCUT2D eigenvalue weighted by molar-refractivity contribution is -0.131. The molecule has 2 saturated carbocycles. The van der Waals surface area contributed by atoms with Gasteiger partial charge in [0.25, 0.3) is 0 Å². The lowest BCUT2D eigenvalue weighted by Gasteiger charge is -2.32. The van der Waals surface area contributed by atoms with Crippen molar-refractivity contribution in [1.82, 2.24) is 0 Å². The number of fused-ring (bicyclic) bond motifs is 2. The number of rotatable bonds is 3. The summed E-state index contributed by atoms with van der Waals surface area (Å²) in [6, 6.07) is 0. The van der Waals surface area contributed by atoms with Crippen LogP contribution in [0.1, 0.15) is 59.8 Å². The quantitative estimate of drug-likeness (QED) is 0.689. The fourth-order valence-corrected chi connectivity index (χ4v) is 4.03. The van der Waals surface area contributed by atoms with E-state index in [0.29, 0.717) is 17.6 Å². The van der Waals surface area contributed by atoms with Crippen LogP contribution in [-0.4, -0.2) is 5.78 Å². The lowest BCUT2D eigenvalue weighted by Crippen LogP contribution is -2.33. The zero-order chi connectivity index (χ0) is 11.3. The normalized spacial score (nSPS) is 42.5. The average molecular weight is 208 g/mol. The Kier molecular flexibility index (Phi) is 2.48. The van der Waals surface area contributed by atoms with Crippen molar-refractivity contribution in [3.63, 3.8) is 0 Å². The summed E-state index contributed by atoms with van der Waals surface area (Å²) >= 11 is 0. The maximum absolute atomic E-state index is 12.4. The molecule has 2 fully saturated rings. The first-order chi connectivity index (χ1) is 6.95. The Labute approximate surface area is 93.6 Å². The molecule has 0 amide bonds. The molecular formula is C14H24O. The third kappa shape index (κ3) is 1.24. The van der Waals surface area contributed by atoms with E-state index in [-0.39, 0.29) is 10.8 Å². The van der Waals surface area contributed by atoms with Gasteiger partial charge in [-0.3, -0.25) is 4.79 Å². The molecule has 2 aliphatic carbocycles. The van der Waals surface area contributed by atoms with Gasteiger partial charge >= 0.3 is 0 Å². The molecule has 0 radical (unpaired) electrons. The first-order valence-electron chi connectivity index (χ1n) is 6.49. The summed E-state index contributed by atoms with van der Waals surface area (Å²) in [6.45, 7) is 9.05. The van der Waals surface area contributed by atoms with Crippen molar-refractivity contribution in [3.8, 4) is 0 Å². The van der Waals surface area contributed by atoms with Crippen LogP contribution in [0.5, 0.6) is 0 Å². The molecule has 2 rings (SSSR count). The smallest absolute Gasteiger partial charge is 0.142 e. The Bertz CT molecular complexity index is 279. The van der Waals surface area contributed by atoms with Gasteiger partial charge in [-0.05, 0) is 30.6 Å². The Balaban J connectivity index is 2.22. The minimum Gasteiger partial charge on any atom is -0.299 e. The number of carbonyl (C=O) groups excluding carboxylic acids is 1. The molecule has 0 aromatic carbocycles. The number of unbranched alkanes of at least 4 members (excludes halogenated alkanes) is 1. The fraction of sp³-hybridized carbons (Fsp3) is 0.929. The van der Waals surface area contributed by atoms with Gasteiger partial charge in [-0.2, -0.15) is 0 Å². The topological polar surface area (TPSA) is 17.1 Å². The standard InChI is InChI=1S/C14H24O/c1-5-6-7-10-11-8-9-14(4,12(10)15)13(11,2)3/h10-11H,5-9H2,1-4H3. The van der Waals surface area contributed by atoms with Gasteiger partial charge in [0.05, 0.1) is 0 Å². The van der Waals surface area contributed by atoms with Gasteiger partial charge < -0.3 is 0 Å². The zero-order valence-corrected chi connectivity index (χ0v) is 10.6. The molecule has 3 atom stereocenters. The van der Waals surface area contributed by atoms with Crippen LogP contribution in [0.3, 0.4) is 0 Å². The SMILES string of the molecule is CCCCC1C(=O)C2(C)CCC1C2(C)C. The van der Waals surface area contributed by atoms with Crippen LogP contribution in [0.25, 0.3) is 0 Å². The molecule has 0 aliphatic heterocycles. The predicted octanol–water partition coefficient (Wildman–Crippen LogP) is 3.82. The van der Waals surface area contributed by atoms with Crippen LogP contribution in [0, 0.1) is 22.7 Å². The van der Waals surface area contributed by atoms with Crippen molar-refractivity contribution in [2.45, 2.75) is 59.8 Å². The van der Waals surface area contributed by atoms with Crippen molar-refractivity contribution >= 4 is 5.78 Å². The van der Waals surface area contributed by atoms with Crippen molar-refractivity contribution in [3.05, 3.63) is 0 Å². The van der Waals surface area contributed by atoms with Crippen LogP contribution in [0.4, 0.5) is 0 Å². The van der Waals surface area contributed by atoms with Crippen molar-refractivity contribution in [2.75, 3.05) is 0 Å². The predicted molar refractivity (Wildman–Crippen MR) is 62.6 cm³/mol. The molecule has 86 valence electrons. The number of Topliss-reactive ketones (excluding diaryl/α,β-unsaturated/α-hetero) is 1. The first kappa shape index (κ1) is 11.2. The third-order valence-electron chi connectivity index (χ3n) is 5.54. The average Bonchev–Trinajstić information content (AvgIpc) is 2.48. The Hall–Kier alpha value is -0.330. The first-order valence-corrected chi connectivity index (χ1v) is 6.49.